The van der Waals surface area contributed by atoms with Crippen LogP contribution in [0.2, 0.25) is 0 Å². The van der Waals surface area contributed by atoms with Gasteiger partial charge in [-0.2, -0.15) is 0 Å². The molecule has 1 unspecified atom stereocenters. The van der Waals surface area contributed by atoms with E-state index < -0.39 is 9.84 Å². The lowest BCUT2D eigenvalue weighted by Gasteiger charge is -2.24. The normalized spacial score (nSPS) is 20.4. The fraction of sp³-hybridized carbons (Fsp3) is 0.462. The first-order valence-corrected chi connectivity index (χ1v) is 8.03. The van der Waals surface area contributed by atoms with Gasteiger partial charge in [-0.15, -0.1) is 0 Å². The molecule has 0 aliphatic carbocycles. The lowest BCUT2D eigenvalue weighted by atomic mass is 10.2. The Morgan fingerprint density at radius 1 is 1.28 bits per heavy atom. The first kappa shape index (κ1) is 13.1. The third-order valence-electron chi connectivity index (χ3n) is 3.14. The minimum Gasteiger partial charge on any atom is -0.334 e. The van der Waals surface area contributed by atoms with Gasteiger partial charge in [0.1, 0.15) is 9.84 Å². The van der Waals surface area contributed by atoms with E-state index in [4.69, 9.17) is 0 Å². The molecule has 18 heavy (non-hydrogen) atoms. The summed E-state index contributed by atoms with van der Waals surface area (Å²) in [6.07, 6.45) is 2.31. The van der Waals surface area contributed by atoms with Gasteiger partial charge in [0.25, 0.3) is 0 Å². The molecule has 0 bridgehead atoms. The first-order valence-electron chi connectivity index (χ1n) is 5.97. The van der Waals surface area contributed by atoms with Gasteiger partial charge in [-0.25, -0.2) is 8.42 Å². The molecule has 0 radical (unpaired) electrons. The molecule has 5 heteroatoms. The molecule has 0 spiro atoms. The summed E-state index contributed by atoms with van der Waals surface area (Å²) in [4.78, 5) is 13.5. The molecular weight excluding hydrogens is 250 g/mol. The van der Waals surface area contributed by atoms with Crippen LogP contribution < -0.4 is 0 Å². The number of hydrogen-bond donors (Lipinski definition) is 0. The molecule has 98 valence electrons. The SMILES string of the molecule is CS(=O)(=O)CC1CCC(=O)N1Cc1ccccc1. The summed E-state index contributed by atoms with van der Waals surface area (Å²) in [5.41, 5.74) is 1.03. The highest BCUT2D eigenvalue weighted by molar-refractivity contribution is 7.90. The van der Waals surface area contributed by atoms with E-state index >= 15 is 0 Å². The molecule has 1 aliphatic heterocycles. The molecule has 1 saturated heterocycles. The molecule has 1 aromatic carbocycles. The Hall–Kier alpha value is -1.36. The average Bonchev–Trinajstić information content (AvgIpc) is 2.61. The predicted octanol–water partition coefficient (Wildman–Crippen LogP) is 1.22. The lowest BCUT2D eigenvalue weighted by Crippen LogP contribution is -2.36. The first-order chi connectivity index (χ1) is 8.46. The Labute approximate surface area is 108 Å². The minimum absolute atomic E-state index is 0.0486. The fourth-order valence-corrected chi connectivity index (χ4v) is 3.36. The monoisotopic (exact) mass is 267 g/mol. The second-order valence-electron chi connectivity index (χ2n) is 4.79. The van der Waals surface area contributed by atoms with Gasteiger partial charge < -0.3 is 4.90 Å². The van der Waals surface area contributed by atoms with Crippen molar-refractivity contribution in [2.75, 3.05) is 12.0 Å². The number of amides is 1. The maximum atomic E-state index is 11.8. The van der Waals surface area contributed by atoms with E-state index in [9.17, 15) is 13.2 Å². The lowest BCUT2D eigenvalue weighted by molar-refractivity contribution is -0.129. The van der Waals surface area contributed by atoms with E-state index in [0.29, 0.717) is 19.4 Å². The van der Waals surface area contributed by atoms with Gasteiger partial charge in [0.2, 0.25) is 5.91 Å². The van der Waals surface area contributed by atoms with Crippen molar-refractivity contribution in [2.24, 2.45) is 0 Å². The summed E-state index contributed by atoms with van der Waals surface area (Å²) < 4.78 is 22.7. The summed E-state index contributed by atoms with van der Waals surface area (Å²) in [7, 11) is -3.05. The summed E-state index contributed by atoms with van der Waals surface area (Å²) in [5, 5.41) is 0. The van der Waals surface area contributed by atoms with Crippen molar-refractivity contribution in [3.8, 4) is 0 Å². The van der Waals surface area contributed by atoms with E-state index in [-0.39, 0.29) is 17.7 Å². The van der Waals surface area contributed by atoms with E-state index in [1.54, 1.807) is 4.90 Å². The maximum absolute atomic E-state index is 11.8. The second kappa shape index (κ2) is 5.10. The van der Waals surface area contributed by atoms with Crippen molar-refractivity contribution in [1.29, 1.82) is 0 Å². The van der Waals surface area contributed by atoms with Gasteiger partial charge >= 0.3 is 0 Å². The van der Waals surface area contributed by atoms with Gasteiger partial charge in [0, 0.05) is 25.3 Å². The number of nitrogens with zero attached hydrogens (tertiary/aromatic N) is 1. The minimum atomic E-state index is -3.05. The molecule has 0 N–H and O–H groups in total. The van der Waals surface area contributed by atoms with Crippen LogP contribution in [0.25, 0.3) is 0 Å². The maximum Gasteiger partial charge on any atom is 0.223 e. The molecule has 1 aromatic rings. The fourth-order valence-electron chi connectivity index (χ4n) is 2.31. The number of benzene rings is 1. The third-order valence-corrected chi connectivity index (χ3v) is 4.13. The number of carbonyl (C=O) groups excluding carboxylic acids is 1. The quantitative estimate of drug-likeness (QED) is 0.824. The van der Waals surface area contributed by atoms with Crippen LogP contribution in [0, 0.1) is 0 Å². The van der Waals surface area contributed by atoms with Crippen LogP contribution in [0.3, 0.4) is 0 Å². The second-order valence-corrected chi connectivity index (χ2v) is 6.98. The van der Waals surface area contributed by atoms with Crippen LogP contribution in [-0.2, 0) is 21.2 Å². The van der Waals surface area contributed by atoms with E-state index in [0.717, 1.165) is 5.56 Å². The van der Waals surface area contributed by atoms with Crippen LogP contribution in [0.15, 0.2) is 30.3 Å². The standard InChI is InChI=1S/C13H17NO3S/c1-18(16,17)10-12-7-8-13(15)14(12)9-11-5-3-2-4-6-11/h2-6,12H,7-10H2,1H3. The molecule has 1 aliphatic rings. The number of carbonyl (C=O) groups is 1. The molecule has 1 atom stereocenters. The zero-order chi connectivity index (χ0) is 13.2. The molecule has 4 nitrogen and oxygen atoms in total. The van der Waals surface area contributed by atoms with Gasteiger partial charge in [0.15, 0.2) is 0 Å². The van der Waals surface area contributed by atoms with Crippen LogP contribution >= 0.6 is 0 Å². The number of hydrogen-bond acceptors (Lipinski definition) is 3. The average molecular weight is 267 g/mol. The van der Waals surface area contributed by atoms with Crippen molar-refractivity contribution in [2.45, 2.75) is 25.4 Å². The molecule has 2 rings (SSSR count). The van der Waals surface area contributed by atoms with Crippen molar-refractivity contribution < 1.29 is 13.2 Å². The molecular formula is C13H17NO3S. The van der Waals surface area contributed by atoms with Crippen molar-refractivity contribution in [3.63, 3.8) is 0 Å². The van der Waals surface area contributed by atoms with E-state index in [1.165, 1.54) is 6.26 Å². The Balaban J connectivity index is 2.11. The van der Waals surface area contributed by atoms with Crippen LogP contribution in [0.4, 0.5) is 0 Å². The summed E-state index contributed by atoms with van der Waals surface area (Å²) in [6, 6.07) is 9.48. The number of sulfone groups is 1. The van der Waals surface area contributed by atoms with Crippen molar-refractivity contribution >= 4 is 15.7 Å². The zero-order valence-electron chi connectivity index (χ0n) is 10.4. The number of rotatable bonds is 4. The van der Waals surface area contributed by atoms with Crippen molar-refractivity contribution in [1.82, 2.24) is 4.90 Å². The molecule has 1 heterocycles. The van der Waals surface area contributed by atoms with E-state index in [1.807, 2.05) is 30.3 Å². The Kier molecular flexibility index (Phi) is 3.71. The van der Waals surface area contributed by atoms with Crippen LogP contribution in [-0.4, -0.2) is 37.3 Å². The van der Waals surface area contributed by atoms with Gasteiger partial charge in [0.05, 0.1) is 5.75 Å². The molecule has 0 aromatic heterocycles. The van der Waals surface area contributed by atoms with E-state index in [2.05, 4.69) is 0 Å². The highest BCUT2D eigenvalue weighted by Gasteiger charge is 2.32. The van der Waals surface area contributed by atoms with Crippen LogP contribution in [0.5, 0.6) is 0 Å². The predicted molar refractivity (Wildman–Crippen MR) is 69.7 cm³/mol. The Morgan fingerprint density at radius 2 is 1.94 bits per heavy atom. The summed E-state index contributed by atoms with van der Waals surface area (Å²) in [5.74, 6) is 0.110. The Morgan fingerprint density at radius 3 is 2.56 bits per heavy atom. The topological polar surface area (TPSA) is 54.5 Å². The number of likely N-dealkylation sites (tertiary alicyclic amines) is 1. The molecule has 0 saturated carbocycles. The summed E-state index contributed by atoms with van der Waals surface area (Å²) in [6.45, 7) is 0.500. The highest BCUT2D eigenvalue weighted by Crippen LogP contribution is 2.22. The summed E-state index contributed by atoms with van der Waals surface area (Å²) >= 11 is 0. The third kappa shape index (κ3) is 3.32. The zero-order valence-corrected chi connectivity index (χ0v) is 11.2. The van der Waals surface area contributed by atoms with Crippen molar-refractivity contribution in [3.05, 3.63) is 35.9 Å². The van der Waals surface area contributed by atoms with Gasteiger partial charge in [-0.1, -0.05) is 30.3 Å². The molecule has 1 amide bonds. The smallest absolute Gasteiger partial charge is 0.223 e. The molecule has 1 fully saturated rings. The van der Waals surface area contributed by atoms with Crippen LogP contribution in [0.1, 0.15) is 18.4 Å². The Bertz CT molecular complexity index is 524. The van der Waals surface area contributed by atoms with Gasteiger partial charge in [-0.05, 0) is 12.0 Å². The largest absolute Gasteiger partial charge is 0.334 e. The highest BCUT2D eigenvalue weighted by atomic mass is 32.2. The van der Waals surface area contributed by atoms with Gasteiger partial charge in [-0.3, -0.25) is 4.79 Å².